The number of thioether (sulfide) groups is 1. The van der Waals surface area contributed by atoms with Crippen LogP contribution in [-0.4, -0.2) is 71.3 Å². The maximum atomic E-state index is 9.03. The summed E-state index contributed by atoms with van der Waals surface area (Å²) < 4.78 is 0. The van der Waals surface area contributed by atoms with E-state index in [9.17, 15) is 0 Å². The summed E-state index contributed by atoms with van der Waals surface area (Å²) in [4.78, 5) is 5.01. The van der Waals surface area contributed by atoms with Gasteiger partial charge in [0.05, 0.1) is 6.61 Å². The molecule has 1 saturated carbocycles. The van der Waals surface area contributed by atoms with Crippen LogP contribution in [0.2, 0.25) is 0 Å². The van der Waals surface area contributed by atoms with Crippen molar-refractivity contribution in [3.05, 3.63) is 0 Å². The van der Waals surface area contributed by atoms with Gasteiger partial charge in [-0.25, -0.2) is 0 Å². The quantitative estimate of drug-likeness (QED) is 0.808. The third-order valence-electron chi connectivity index (χ3n) is 4.55. The number of hydrogen-bond acceptors (Lipinski definition) is 4. The SMILES string of the molecule is C[C@H]1CN(CCSC2CCCCC2)CCN1CCO. The summed E-state index contributed by atoms with van der Waals surface area (Å²) in [5.74, 6) is 1.30. The number of aliphatic hydroxyl groups excluding tert-OH is 1. The summed E-state index contributed by atoms with van der Waals surface area (Å²) in [7, 11) is 0. The maximum Gasteiger partial charge on any atom is 0.0558 e. The Morgan fingerprint density at radius 3 is 2.58 bits per heavy atom. The summed E-state index contributed by atoms with van der Waals surface area (Å²) in [6, 6.07) is 0.598. The predicted molar refractivity (Wildman–Crippen MR) is 83.9 cm³/mol. The molecule has 3 nitrogen and oxygen atoms in total. The highest BCUT2D eigenvalue weighted by molar-refractivity contribution is 7.99. The fourth-order valence-electron chi connectivity index (χ4n) is 3.31. The molecule has 112 valence electrons. The van der Waals surface area contributed by atoms with E-state index in [1.807, 2.05) is 0 Å². The maximum absolute atomic E-state index is 9.03. The lowest BCUT2D eigenvalue weighted by Crippen LogP contribution is -2.52. The van der Waals surface area contributed by atoms with Crippen molar-refractivity contribution in [2.45, 2.75) is 50.3 Å². The lowest BCUT2D eigenvalue weighted by molar-refractivity contribution is 0.0720. The van der Waals surface area contributed by atoms with Crippen molar-refractivity contribution in [1.29, 1.82) is 0 Å². The van der Waals surface area contributed by atoms with Crippen LogP contribution in [0, 0.1) is 0 Å². The third-order valence-corrected chi connectivity index (χ3v) is 5.91. The highest BCUT2D eigenvalue weighted by Crippen LogP contribution is 2.28. The van der Waals surface area contributed by atoms with E-state index in [0.717, 1.165) is 18.3 Å². The standard InChI is InChI=1S/C15H30N2OS/c1-14-13-16(7-8-17(14)9-11-18)10-12-19-15-5-3-2-4-6-15/h14-15,18H,2-13H2,1H3/t14-/m0/s1. The molecule has 1 aliphatic carbocycles. The van der Waals surface area contributed by atoms with Crippen LogP contribution in [0.25, 0.3) is 0 Å². The summed E-state index contributed by atoms with van der Waals surface area (Å²) in [5, 5.41) is 9.98. The first-order valence-electron chi connectivity index (χ1n) is 7.98. The second-order valence-corrected chi connectivity index (χ2v) is 7.45. The molecule has 4 heteroatoms. The van der Waals surface area contributed by atoms with Crippen LogP contribution >= 0.6 is 11.8 Å². The number of aliphatic hydroxyl groups is 1. The van der Waals surface area contributed by atoms with Gasteiger partial charge in [0.1, 0.15) is 0 Å². The molecule has 0 aromatic heterocycles. The van der Waals surface area contributed by atoms with Gasteiger partial charge in [0, 0.05) is 49.8 Å². The Bertz CT molecular complexity index is 246. The summed E-state index contributed by atoms with van der Waals surface area (Å²) in [6.07, 6.45) is 7.27. The highest BCUT2D eigenvalue weighted by Gasteiger charge is 2.23. The van der Waals surface area contributed by atoms with E-state index in [-0.39, 0.29) is 0 Å². The largest absolute Gasteiger partial charge is 0.395 e. The molecule has 0 aromatic rings. The Morgan fingerprint density at radius 2 is 1.89 bits per heavy atom. The van der Waals surface area contributed by atoms with Crippen molar-refractivity contribution >= 4 is 11.8 Å². The topological polar surface area (TPSA) is 26.7 Å². The third kappa shape index (κ3) is 5.25. The average Bonchev–Trinajstić information content (AvgIpc) is 2.43. The van der Waals surface area contributed by atoms with E-state index in [1.165, 1.54) is 57.5 Å². The molecule has 0 aromatic carbocycles. The van der Waals surface area contributed by atoms with Gasteiger partial charge >= 0.3 is 0 Å². The monoisotopic (exact) mass is 286 g/mol. The van der Waals surface area contributed by atoms with Gasteiger partial charge in [0.2, 0.25) is 0 Å². The van der Waals surface area contributed by atoms with Crippen LogP contribution in [0.15, 0.2) is 0 Å². The minimum Gasteiger partial charge on any atom is -0.395 e. The zero-order valence-electron chi connectivity index (χ0n) is 12.4. The van der Waals surface area contributed by atoms with Crippen molar-refractivity contribution in [1.82, 2.24) is 9.80 Å². The second-order valence-electron chi connectivity index (χ2n) is 6.04. The fraction of sp³-hybridized carbons (Fsp3) is 1.00. The molecule has 1 atom stereocenters. The van der Waals surface area contributed by atoms with Crippen molar-refractivity contribution in [3.63, 3.8) is 0 Å². The van der Waals surface area contributed by atoms with Gasteiger partial charge in [0.25, 0.3) is 0 Å². The van der Waals surface area contributed by atoms with Crippen molar-refractivity contribution < 1.29 is 5.11 Å². The zero-order chi connectivity index (χ0) is 13.5. The average molecular weight is 286 g/mol. The van der Waals surface area contributed by atoms with E-state index in [2.05, 4.69) is 28.5 Å². The van der Waals surface area contributed by atoms with E-state index in [0.29, 0.717) is 12.6 Å². The smallest absolute Gasteiger partial charge is 0.0558 e. The van der Waals surface area contributed by atoms with Crippen LogP contribution in [0.1, 0.15) is 39.0 Å². The van der Waals surface area contributed by atoms with Gasteiger partial charge in [-0.3, -0.25) is 9.80 Å². The number of nitrogens with zero attached hydrogens (tertiary/aromatic N) is 2. The summed E-state index contributed by atoms with van der Waals surface area (Å²) >= 11 is 2.21. The number of piperazine rings is 1. The molecule has 1 heterocycles. The first-order valence-corrected chi connectivity index (χ1v) is 9.03. The van der Waals surface area contributed by atoms with Gasteiger partial charge in [-0.05, 0) is 19.8 Å². The molecule has 0 bridgehead atoms. The first-order chi connectivity index (χ1) is 9.29. The molecule has 1 N–H and O–H groups in total. The van der Waals surface area contributed by atoms with Crippen molar-refractivity contribution in [2.75, 3.05) is 45.1 Å². The van der Waals surface area contributed by atoms with Gasteiger partial charge in [-0.2, -0.15) is 11.8 Å². The lowest BCUT2D eigenvalue weighted by atomic mass is 10.0. The van der Waals surface area contributed by atoms with Gasteiger partial charge < -0.3 is 5.11 Å². The number of rotatable bonds is 6. The van der Waals surface area contributed by atoms with E-state index >= 15 is 0 Å². The van der Waals surface area contributed by atoms with Crippen LogP contribution < -0.4 is 0 Å². The normalized spacial score (nSPS) is 27.8. The van der Waals surface area contributed by atoms with E-state index < -0.39 is 0 Å². The number of β-amino-alcohol motifs (C(OH)–C–C–N with tert-alkyl or cyclic N) is 1. The van der Waals surface area contributed by atoms with Crippen LogP contribution in [-0.2, 0) is 0 Å². The van der Waals surface area contributed by atoms with Gasteiger partial charge in [0.15, 0.2) is 0 Å². The molecule has 1 aliphatic heterocycles. The Balaban J connectivity index is 1.59. The molecular formula is C15H30N2OS. The van der Waals surface area contributed by atoms with Gasteiger partial charge in [-0.1, -0.05) is 19.3 Å². The van der Waals surface area contributed by atoms with Crippen molar-refractivity contribution in [2.24, 2.45) is 0 Å². The Kier molecular flexibility index (Phi) is 6.99. The summed E-state index contributed by atoms with van der Waals surface area (Å²) in [5.41, 5.74) is 0. The summed E-state index contributed by atoms with van der Waals surface area (Å²) in [6.45, 7) is 8.14. The Hall–Kier alpha value is 0.230. The molecule has 1 saturated heterocycles. The Morgan fingerprint density at radius 1 is 1.11 bits per heavy atom. The molecule has 2 aliphatic rings. The minimum absolute atomic E-state index is 0.294. The van der Waals surface area contributed by atoms with Gasteiger partial charge in [-0.15, -0.1) is 0 Å². The van der Waals surface area contributed by atoms with Crippen LogP contribution in [0.4, 0.5) is 0 Å². The Labute approximate surface area is 122 Å². The molecular weight excluding hydrogens is 256 g/mol. The van der Waals surface area contributed by atoms with Crippen LogP contribution in [0.3, 0.4) is 0 Å². The molecule has 0 unspecified atom stereocenters. The molecule has 0 radical (unpaired) electrons. The fourth-order valence-corrected chi connectivity index (χ4v) is 4.68. The lowest BCUT2D eigenvalue weighted by Gasteiger charge is -2.39. The van der Waals surface area contributed by atoms with E-state index in [1.54, 1.807) is 0 Å². The molecule has 2 rings (SSSR count). The molecule has 19 heavy (non-hydrogen) atoms. The van der Waals surface area contributed by atoms with Crippen LogP contribution in [0.5, 0.6) is 0 Å². The first kappa shape index (κ1) is 15.6. The molecule has 2 fully saturated rings. The van der Waals surface area contributed by atoms with Crippen molar-refractivity contribution in [3.8, 4) is 0 Å². The zero-order valence-corrected chi connectivity index (χ0v) is 13.2. The predicted octanol–water partition coefficient (Wildman–Crippen LogP) is 2.05. The molecule has 0 amide bonds. The minimum atomic E-state index is 0.294. The number of hydrogen-bond donors (Lipinski definition) is 1. The van der Waals surface area contributed by atoms with E-state index in [4.69, 9.17) is 5.11 Å². The second kappa shape index (κ2) is 8.50. The molecule has 0 spiro atoms. The highest BCUT2D eigenvalue weighted by atomic mass is 32.2.